The first kappa shape index (κ1) is 20.1. The zero-order valence-electron chi connectivity index (χ0n) is 15.8. The van der Waals surface area contributed by atoms with Gasteiger partial charge >= 0.3 is 5.97 Å². The average molecular weight is 402 g/mol. The fraction of sp³-hybridized carbons (Fsp3) is 0.381. The maximum absolute atomic E-state index is 12.8. The summed E-state index contributed by atoms with van der Waals surface area (Å²) in [5.74, 6) is -1.17. The van der Waals surface area contributed by atoms with Gasteiger partial charge in [-0.05, 0) is 49.1 Å². The van der Waals surface area contributed by atoms with Gasteiger partial charge in [0.15, 0.2) is 0 Å². The Balaban J connectivity index is 1.62. The van der Waals surface area contributed by atoms with Gasteiger partial charge in [-0.3, -0.25) is 14.6 Å². The van der Waals surface area contributed by atoms with Crippen molar-refractivity contribution in [3.63, 3.8) is 0 Å². The Bertz CT molecular complexity index is 833. The standard InChI is InChI=1S/C21H24ClN3O3/c1-14-13-23-9-6-19(14)25-10-7-16(8-11-25)21(28)24-18(12-20(26)27)15-2-4-17(22)5-3-15/h2-6,9,13,16,18H,7-8,10-12H2,1H3,(H,24,28)(H,26,27). The van der Waals surface area contributed by atoms with Gasteiger partial charge in [0, 0.05) is 42.1 Å². The summed E-state index contributed by atoms with van der Waals surface area (Å²) in [6.45, 7) is 3.60. The molecule has 28 heavy (non-hydrogen) atoms. The minimum absolute atomic E-state index is 0.0905. The second-order valence-corrected chi connectivity index (χ2v) is 7.57. The molecular formula is C21H24ClN3O3. The Morgan fingerprint density at radius 3 is 2.54 bits per heavy atom. The number of carbonyl (C=O) groups excluding carboxylic acids is 1. The molecule has 7 heteroatoms. The SMILES string of the molecule is Cc1cnccc1N1CCC(C(=O)NC(CC(=O)O)c2ccc(Cl)cc2)CC1. The van der Waals surface area contributed by atoms with E-state index in [0.29, 0.717) is 5.02 Å². The lowest BCUT2D eigenvalue weighted by atomic mass is 9.94. The summed E-state index contributed by atoms with van der Waals surface area (Å²) in [5, 5.41) is 12.7. The lowest BCUT2D eigenvalue weighted by Gasteiger charge is -2.34. The van der Waals surface area contributed by atoms with Crippen molar-refractivity contribution in [3.8, 4) is 0 Å². The van der Waals surface area contributed by atoms with E-state index < -0.39 is 12.0 Å². The van der Waals surface area contributed by atoms with Crippen molar-refractivity contribution in [3.05, 3.63) is 58.9 Å². The fourth-order valence-corrected chi connectivity index (χ4v) is 3.74. The molecule has 1 atom stereocenters. The Morgan fingerprint density at radius 1 is 1.25 bits per heavy atom. The molecule has 1 fully saturated rings. The summed E-state index contributed by atoms with van der Waals surface area (Å²) in [6, 6.07) is 8.35. The summed E-state index contributed by atoms with van der Waals surface area (Å²) in [6.07, 6.45) is 4.92. The van der Waals surface area contributed by atoms with Crippen LogP contribution in [0.25, 0.3) is 0 Å². The van der Waals surface area contributed by atoms with Crippen LogP contribution >= 0.6 is 11.6 Å². The summed E-state index contributed by atoms with van der Waals surface area (Å²) in [5.41, 5.74) is 3.01. The first-order valence-electron chi connectivity index (χ1n) is 9.37. The van der Waals surface area contributed by atoms with E-state index in [1.807, 2.05) is 19.2 Å². The highest BCUT2D eigenvalue weighted by molar-refractivity contribution is 6.30. The quantitative estimate of drug-likeness (QED) is 0.772. The van der Waals surface area contributed by atoms with Gasteiger partial charge in [0.05, 0.1) is 12.5 Å². The third kappa shape index (κ3) is 5.01. The van der Waals surface area contributed by atoms with E-state index in [4.69, 9.17) is 11.6 Å². The van der Waals surface area contributed by atoms with Crippen molar-refractivity contribution in [2.24, 2.45) is 5.92 Å². The highest BCUT2D eigenvalue weighted by Gasteiger charge is 2.28. The first-order valence-corrected chi connectivity index (χ1v) is 9.75. The molecule has 1 aliphatic rings. The lowest BCUT2D eigenvalue weighted by molar-refractivity contribution is -0.138. The third-order valence-corrected chi connectivity index (χ3v) is 5.42. The lowest BCUT2D eigenvalue weighted by Crippen LogP contribution is -2.42. The Kier molecular flexibility index (Phi) is 6.52. The Hall–Kier alpha value is -2.60. The van der Waals surface area contributed by atoms with Gasteiger partial charge in [0.2, 0.25) is 5.91 Å². The number of aliphatic carboxylic acids is 1. The van der Waals surface area contributed by atoms with Gasteiger partial charge in [0.25, 0.3) is 0 Å². The van der Waals surface area contributed by atoms with Crippen molar-refractivity contribution in [2.75, 3.05) is 18.0 Å². The smallest absolute Gasteiger partial charge is 0.305 e. The number of nitrogens with zero attached hydrogens (tertiary/aromatic N) is 2. The summed E-state index contributed by atoms with van der Waals surface area (Å²) < 4.78 is 0. The minimum atomic E-state index is -0.955. The number of carbonyl (C=O) groups is 2. The van der Waals surface area contributed by atoms with E-state index in [0.717, 1.165) is 42.7 Å². The molecule has 0 bridgehead atoms. The number of benzene rings is 1. The molecule has 1 amide bonds. The fourth-order valence-electron chi connectivity index (χ4n) is 3.61. The van der Waals surface area contributed by atoms with Crippen LogP contribution in [0.2, 0.25) is 5.02 Å². The number of halogens is 1. The molecule has 0 radical (unpaired) electrons. The van der Waals surface area contributed by atoms with Crippen molar-refractivity contribution in [2.45, 2.75) is 32.2 Å². The van der Waals surface area contributed by atoms with Crippen LogP contribution in [0.15, 0.2) is 42.7 Å². The van der Waals surface area contributed by atoms with Crippen molar-refractivity contribution < 1.29 is 14.7 Å². The number of hydrogen-bond acceptors (Lipinski definition) is 4. The predicted octanol–water partition coefficient (Wildman–Crippen LogP) is 3.59. The van der Waals surface area contributed by atoms with Crippen LogP contribution in [0, 0.1) is 12.8 Å². The van der Waals surface area contributed by atoms with E-state index in [2.05, 4.69) is 15.2 Å². The van der Waals surface area contributed by atoms with Crippen molar-refractivity contribution in [1.29, 1.82) is 0 Å². The predicted molar refractivity (Wildman–Crippen MR) is 108 cm³/mol. The number of piperidine rings is 1. The van der Waals surface area contributed by atoms with Crippen molar-refractivity contribution >= 4 is 29.2 Å². The number of rotatable bonds is 6. The molecule has 1 unspecified atom stereocenters. The van der Waals surface area contributed by atoms with Gasteiger partial charge in [-0.2, -0.15) is 0 Å². The molecular weight excluding hydrogens is 378 g/mol. The van der Waals surface area contributed by atoms with E-state index in [1.54, 1.807) is 30.5 Å². The van der Waals surface area contributed by atoms with Gasteiger partial charge < -0.3 is 15.3 Å². The number of carboxylic acids is 1. The highest BCUT2D eigenvalue weighted by atomic mass is 35.5. The number of amides is 1. The number of aromatic nitrogens is 1. The molecule has 0 spiro atoms. The number of pyridine rings is 1. The Labute approximate surface area is 169 Å². The topological polar surface area (TPSA) is 82.5 Å². The highest BCUT2D eigenvalue weighted by Crippen LogP contribution is 2.27. The molecule has 1 aliphatic heterocycles. The van der Waals surface area contributed by atoms with Crippen molar-refractivity contribution in [1.82, 2.24) is 10.3 Å². The van der Waals surface area contributed by atoms with E-state index >= 15 is 0 Å². The number of aryl methyl sites for hydroxylation is 1. The van der Waals surface area contributed by atoms with Gasteiger partial charge in [0.1, 0.15) is 0 Å². The molecule has 148 valence electrons. The number of anilines is 1. The van der Waals surface area contributed by atoms with Crippen LogP contribution in [0.4, 0.5) is 5.69 Å². The monoisotopic (exact) mass is 401 g/mol. The van der Waals surface area contributed by atoms with Crippen LogP contribution in [-0.4, -0.2) is 35.1 Å². The van der Waals surface area contributed by atoms with Crippen LogP contribution in [0.5, 0.6) is 0 Å². The zero-order valence-corrected chi connectivity index (χ0v) is 16.5. The van der Waals surface area contributed by atoms with Gasteiger partial charge in [-0.1, -0.05) is 23.7 Å². The minimum Gasteiger partial charge on any atom is -0.481 e. The molecule has 0 saturated carbocycles. The van der Waals surface area contributed by atoms with E-state index in [-0.39, 0.29) is 18.2 Å². The molecule has 2 heterocycles. The molecule has 1 aromatic carbocycles. The molecule has 1 aromatic heterocycles. The summed E-state index contributed by atoms with van der Waals surface area (Å²) in [7, 11) is 0. The number of hydrogen-bond donors (Lipinski definition) is 2. The Morgan fingerprint density at radius 2 is 1.93 bits per heavy atom. The first-order chi connectivity index (χ1) is 13.4. The van der Waals surface area contributed by atoms with Gasteiger partial charge in [-0.15, -0.1) is 0 Å². The molecule has 2 N–H and O–H groups in total. The maximum atomic E-state index is 12.8. The van der Waals surface area contributed by atoms with Crippen LogP contribution in [0.3, 0.4) is 0 Å². The second kappa shape index (κ2) is 9.06. The zero-order chi connectivity index (χ0) is 20.1. The van der Waals surface area contributed by atoms with Crippen LogP contribution in [0.1, 0.15) is 36.4 Å². The molecule has 0 aliphatic carbocycles. The summed E-state index contributed by atoms with van der Waals surface area (Å²) in [4.78, 5) is 30.4. The molecule has 6 nitrogen and oxygen atoms in total. The number of carboxylic acid groups (broad SMARTS) is 1. The molecule has 3 rings (SSSR count). The summed E-state index contributed by atoms with van der Waals surface area (Å²) >= 11 is 5.91. The largest absolute Gasteiger partial charge is 0.481 e. The van der Waals surface area contributed by atoms with E-state index in [9.17, 15) is 14.7 Å². The van der Waals surface area contributed by atoms with Gasteiger partial charge in [-0.25, -0.2) is 0 Å². The number of nitrogens with one attached hydrogen (secondary N) is 1. The molecule has 2 aromatic rings. The average Bonchev–Trinajstić information content (AvgIpc) is 2.68. The third-order valence-electron chi connectivity index (χ3n) is 5.16. The van der Waals surface area contributed by atoms with Crippen LogP contribution in [-0.2, 0) is 9.59 Å². The van der Waals surface area contributed by atoms with E-state index in [1.165, 1.54) is 0 Å². The molecule has 1 saturated heterocycles. The van der Waals surface area contributed by atoms with Crippen LogP contribution < -0.4 is 10.2 Å². The normalized spacial score (nSPS) is 15.9. The maximum Gasteiger partial charge on any atom is 0.305 e. The second-order valence-electron chi connectivity index (χ2n) is 7.13.